The fourth-order valence-corrected chi connectivity index (χ4v) is 3.92. The van der Waals surface area contributed by atoms with Crippen molar-refractivity contribution in [2.45, 2.75) is 17.7 Å². The van der Waals surface area contributed by atoms with Gasteiger partial charge in [-0.2, -0.15) is 4.31 Å². The van der Waals surface area contributed by atoms with Crippen LogP contribution in [0.4, 0.5) is 0 Å². The number of carboxylic acids is 1. The minimum atomic E-state index is -3.81. The van der Waals surface area contributed by atoms with Crippen LogP contribution in [0.5, 0.6) is 11.5 Å². The summed E-state index contributed by atoms with van der Waals surface area (Å²) in [5.41, 5.74) is 0.752. The number of hydrogen-bond donors (Lipinski definition) is 1. The lowest BCUT2D eigenvalue weighted by atomic mass is 10.1. The lowest BCUT2D eigenvalue weighted by molar-refractivity contribution is 0.0692. The van der Waals surface area contributed by atoms with Gasteiger partial charge >= 0.3 is 5.97 Å². The van der Waals surface area contributed by atoms with Crippen molar-refractivity contribution >= 4 is 16.0 Å². The summed E-state index contributed by atoms with van der Waals surface area (Å²) in [5, 5.41) is 9.30. The molecule has 0 saturated carbocycles. The Balaban J connectivity index is 2.52. The van der Waals surface area contributed by atoms with E-state index in [2.05, 4.69) is 6.58 Å². The predicted octanol–water partition coefficient (Wildman–Crippen LogP) is 1.74. The van der Waals surface area contributed by atoms with E-state index >= 15 is 0 Å². The molecule has 8 heteroatoms. The number of aromatic carboxylic acids is 1. The molecule has 23 heavy (non-hydrogen) atoms. The van der Waals surface area contributed by atoms with Gasteiger partial charge in [-0.25, -0.2) is 13.2 Å². The second kappa shape index (κ2) is 6.59. The van der Waals surface area contributed by atoms with Crippen molar-refractivity contribution in [2.75, 3.05) is 27.3 Å². The SMILES string of the molecule is C=C1CCN(S(=O)(=O)c2cc(OC)c(OC)c(C(=O)O)c2)CC1. The molecule has 0 atom stereocenters. The van der Waals surface area contributed by atoms with Crippen LogP contribution >= 0.6 is 0 Å². The van der Waals surface area contributed by atoms with Crippen molar-refractivity contribution in [1.82, 2.24) is 4.31 Å². The lowest BCUT2D eigenvalue weighted by Crippen LogP contribution is -2.36. The molecule has 0 radical (unpaired) electrons. The molecule has 1 aromatic rings. The highest BCUT2D eigenvalue weighted by molar-refractivity contribution is 7.89. The van der Waals surface area contributed by atoms with E-state index in [9.17, 15) is 18.3 Å². The van der Waals surface area contributed by atoms with Crippen LogP contribution in [0, 0.1) is 0 Å². The highest BCUT2D eigenvalue weighted by Gasteiger charge is 2.30. The molecule has 1 heterocycles. The summed E-state index contributed by atoms with van der Waals surface area (Å²) >= 11 is 0. The zero-order valence-corrected chi connectivity index (χ0v) is 13.9. The largest absolute Gasteiger partial charge is 0.493 e. The Labute approximate surface area is 135 Å². The summed E-state index contributed by atoms with van der Waals surface area (Å²) in [5.74, 6) is -1.23. The average molecular weight is 341 g/mol. The number of rotatable bonds is 5. The first kappa shape index (κ1) is 17.3. The molecule has 0 bridgehead atoms. The monoisotopic (exact) mass is 341 g/mol. The third kappa shape index (κ3) is 3.32. The molecule has 0 unspecified atom stereocenters. The first-order valence-corrected chi connectivity index (χ1v) is 8.41. The molecule has 1 aromatic carbocycles. The van der Waals surface area contributed by atoms with Gasteiger partial charge in [0.15, 0.2) is 11.5 Å². The smallest absolute Gasteiger partial charge is 0.339 e. The molecule has 0 spiro atoms. The van der Waals surface area contributed by atoms with E-state index in [-0.39, 0.29) is 22.0 Å². The molecule has 1 fully saturated rings. The number of hydrogen-bond acceptors (Lipinski definition) is 5. The summed E-state index contributed by atoms with van der Waals surface area (Å²) in [7, 11) is -1.18. The zero-order valence-electron chi connectivity index (χ0n) is 13.0. The molecular weight excluding hydrogens is 322 g/mol. The number of carboxylic acid groups (broad SMARTS) is 1. The van der Waals surface area contributed by atoms with E-state index in [1.165, 1.54) is 24.6 Å². The Kier molecular flexibility index (Phi) is 4.96. The van der Waals surface area contributed by atoms with Crippen LogP contribution in [0.3, 0.4) is 0 Å². The number of nitrogens with zero attached hydrogens (tertiary/aromatic N) is 1. The Hall–Kier alpha value is -2.06. The third-order valence-electron chi connectivity index (χ3n) is 3.75. The van der Waals surface area contributed by atoms with Crippen LogP contribution in [0.15, 0.2) is 29.2 Å². The number of methoxy groups -OCH3 is 2. The van der Waals surface area contributed by atoms with Gasteiger partial charge in [-0.15, -0.1) is 0 Å². The van der Waals surface area contributed by atoms with Crippen LogP contribution in [-0.2, 0) is 10.0 Å². The molecule has 0 amide bonds. The lowest BCUT2D eigenvalue weighted by Gasteiger charge is -2.27. The van der Waals surface area contributed by atoms with Gasteiger partial charge < -0.3 is 14.6 Å². The van der Waals surface area contributed by atoms with Crippen molar-refractivity contribution in [2.24, 2.45) is 0 Å². The molecular formula is C15H19NO6S. The van der Waals surface area contributed by atoms with Gasteiger partial charge in [0.1, 0.15) is 5.56 Å². The van der Waals surface area contributed by atoms with Crippen molar-refractivity contribution in [3.05, 3.63) is 29.8 Å². The third-order valence-corrected chi connectivity index (χ3v) is 5.63. The molecule has 7 nitrogen and oxygen atoms in total. The number of sulfonamides is 1. The number of ether oxygens (including phenoxy) is 2. The molecule has 0 aromatic heterocycles. The summed E-state index contributed by atoms with van der Waals surface area (Å²) in [4.78, 5) is 11.3. The molecule has 1 aliphatic rings. The highest BCUT2D eigenvalue weighted by Crippen LogP contribution is 2.35. The van der Waals surface area contributed by atoms with Crippen molar-refractivity contribution in [3.8, 4) is 11.5 Å². The van der Waals surface area contributed by atoms with E-state index in [0.717, 1.165) is 11.6 Å². The molecule has 1 aliphatic heterocycles. The topological polar surface area (TPSA) is 93.1 Å². The first-order valence-electron chi connectivity index (χ1n) is 6.97. The van der Waals surface area contributed by atoms with E-state index in [4.69, 9.17) is 9.47 Å². The maximum absolute atomic E-state index is 12.7. The van der Waals surface area contributed by atoms with Gasteiger partial charge in [-0.3, -0.25) is 0 Å². The summed E-state index contributed by atoms with van der Waals surface area (Å²) < 4.78 is 36.9. The molecule has 1 saturated heterocycles. The molecule has 2 rings (SSSR count). The van der Waals surface area contributed by atoms with E-state index in [0.29, 0.717) is 25.9 Å². The number of carbonyl (C=O) groups is 1. The van der Waals surface area contributed by atoms with E-state index in [1.54, 1.807) is 0 Å². The quantitative estimate of drug-likeness (QED) is 0.820. The molecule has 126 valence electrons. The van der Waals surface area contributed by atoms with Gasteiger partial charge in [0.05, 0.1) is 19.1 Å². The van der Waals surface area contributed by atoms with E-state index < -0.39 is 16.0 Å². The van der Waals surface area contributed by atoms with Crippen LogP contribution in [-0.4, -0.2) is 51.1 Å². The standard InChI is InChI=1S/C15H19NO6S/c1-10-4-6-16(7-5-10)23(19,20)11-8-12(15(17)18)14(22-3)13(9-11)21-2/h8-9H,1,4-7H2,2-3H3,(H,17,18). The minimum absolute atomic E-state index is 0.00836. The Morgan fingerprint density at radius 2 is 1.83 bits per heavy atom. The van der Waals surface area contributed by atoms with Crippen LogP contribution in [0.1, 0.15) is 23.2 Å². The van der Waals surface area contributed by atoms with Crippen molar-refractivity contribution in [3.63, 3.8) is 0 Å². The maximum Gasteiger partial charge on any atom is 0.339 e. The number of benzene rings is 1. The summed E-state index contributed by atoms with van der Waals surface area (Å²) in [6, 6.07) is 2.38. The van der Waals surface area contributed by atoms with Crippen molar-refractivity contribution < 1.29 is 27.8 Å². The first-order chi connectivity index (χ1) is 10.8. The van der Waals surface area contributed by atoms with Crippen molar-refractivity contribution in [1.29, 1.82) is 0 Å². The average Bonchev–Trinajstić information content (AvgIpc) is 2.53. The Morgan fingerprint density at radius 3 is 2.30 bits per heavy atom. The number of piperidine rings is 1. The van der Waals surface area contributed by atoms with Gasteiger partial charge in [0.2, 0.25) is 10.0 Å². The molecule has 1 N–H and O–H groups in total. The Morgan fingerprint density at radius 1 is 1.22 bits per heavy atom. The van der Waals surface area contributed by atoms with Gasteiger partial charge in [0, 0.05) is 19.2 Å². The van der Waals surface area contributed by atoms with Gasteiger partial charge in [0.25, 0.3) is 0 Å². The fourth-order valence-electron chi connectivity index (χ4n) is 2.44. The van der Waals surface area contributed by atoms with Gasteiger partial charge in [-0.1, -0.05) is 12.2 Å². The normalized spacial score (nSPS) is 16.2. The van der Waals surface area contributed by atoms with Crippen LogP contribution in [0.2, 0.25) is 0 Å². The second-order valence-corrected chi connectivity index (χ2v) is 7.10. The Bertz CT molecular complexity index is 731. The minimum Gasteiger partial charge on any atom is -0.493 e. The summed E-state index contributed by atoms with van der Waals surface area (Å²) in [6.45, 7) is 4.52. The van der Waals surface area contributed by atoms with Crippen LogP contribution in [0.25, 0.3) is 0 Å². The van der Waals surface area contributed by atoms with Crippen LogP contribution < -0.4 is 9.47 Å². The maximum atomic E-state index is 12.7. The second-order valence-electron chi connectivity index (χ2n) is 5.17. The predicted molar refractivity (Wildman–Crippen MR) is 83.6 cm³/mol. The highest BCUT2D eigenvalue weighted by atomic mass is 32.2. The zero-order chi connectivity index (χ0) is 17.2. The van der Waals surface area contributed by atoms with Gasteiger partial charge in [-0.05, 0) is 18.9 Å². The van der Waals surface area contributed by atoms with E-state index in [1.807, 2.05) is 0 Å². The fraction of sp³-hybridized carbons (Fsp3) is 0.400. The molecule has 0 aliphatic carbocycles. The summed E-state index contributed by atoms with van der Waals surface area (Å²) in [6.07, 6.45) is 1.19.